The van der Waals surface area contributed by atoms with E-state index in [0.717, 1.165) is 27.3 Å². The number of nitrogens with one attached hydrogen (secondary N) is 2. The van der Waals surface area contributed by atoms with E-state index >= 15 is 0 Å². The molecule has 0 aliphatic heterocycles. The smallest absolute Gasteiger partial charge is 0.407 e. The van der Waals surface area contributed by atoms with Gasteiger partial charge in [0.2, 0.25) is 0 Å². The van der Waals surface area contributed by atoms with Gasteiger partial charge in [0.05, 0.1) is 7.11 Å². The van der Waals surface area contributed by atoms with Crippen LogP contribution in [0, 0.1) is 0 Å². The molecule has 0 saturated carbocycles. The van der Waals surface area contributed by atoms with Gasteiger partial charge in [-0.05, 0) is 35.1 Å². The fraction of sp³-hybridized carbons (Fsp3) is 0.375. The van der Waals surface area contributed by atoms with E-state index in [1.165, 1.54) is 14.2 Å². The number of hydroxylamine groups is 2. The van der Waals surface area contributed by atoms with Gasteiger partial charge in [-0.1, -0.05) is 48.5 Å². The monoisotopic (exact) mass is 453 g/mol. The molecule has 2 amide bonds. The number of guanidine groups is 1. The lowest BCUT2D eigenvalue weighted by molar-refractivity contribution is -0.171. The Morgan fingerprint density at radius 1 is 1.12 bits per heavy atom. The minimum atomic E-state index is -0.799. The zero-order valence-corrected chi connectivity index (χ0v) is 19.2. The van der Waals surface area contributed by atoms with Crippen molar-refractivity contribution in [3.05, 3.63) is 59.7 Å². The van der Waals surface area contributed by atoms with Crippen LogP contribution in [-0.4, -0.2) is 63.4 Å². The molecule has 3 rings (SSSR count). The zero-order chi connectivity index (χ0) is 23.8. The van der Waals surface area contributed by atoms with Crippen molar-refractivity contribution >= 4 is 18.0 Å². The number of amides is 2. The maximum absolute atomic E-state index is 12.6. The number of carbonyl (C=O) groups is 2. The first-order valence-electron chi connectivity index (χ1n) is 10.9. The first kappa shape index (κ1) is 24.1. The minimum Gasteiger partial charge on any atom is -0.449 e. The molecule has 0 radical (unpaired) electrons. The number of benzene rings is 2. The second-order valence-corrected chi connectivity index (χ2v) is 7.72. The summed E-state index contributed by atoms with van der Waals surface area (Å²) in [5.74, 6) is -0.112. The second kappa shape index (κ2) is 11.3. The highest BCUT2D eigenvalue weighted by Gasteiger charge is 2.30. The number of nitrogens with zero attached hydrogens (tertiary/aromatic N) is 2. The van der Waals surface area contributed by atoms with E-state index in [2.05, 4.69) is 39.9 Å². The molecule has 176 valence electrons. The SMILES string of the molecule is CN=C(N)NCCC[C@H](NC(=O)OCC1c2ccccc2-c2ccccc21)C(=O)N(C)OC. The third kappa shape index (κ3) is 5.81. The van der Waals surface area contributed by atoms with E-state index in [0.29, 0.717) is 25.3 Å². The molecule has 1 atom stereocenters. The van der Waals surface area contributed by atoms with Gasteiger partial charge in [-0.2, -0.15) is 0 Å². The quantitative estimate of drug-likeness (QED) is 0.232. The highest BCUT2D eigenvalue weighted by molar-refractivity contribution is 5.85. The summed E-state index contributed by atoms with van der Waals surface area (Å²) in [6.07, 6.45) is 0.302. The van der Waals surface area contributed by atoms with Crippen molar-refractivity contribution in [1.29, 1.82) is 0 Å². The highest BCUT2D eigenvalue weighted by Crippen LogP contribution is 2.44. The van der Waals surface area contributed by atoms with Crippen LogP contribution in [0.5, 0.6) is 0 Å². The molecule has 0 spiro atoms. The molecule has 0 unspecified atom stereocenters. The summed E-state index contributed by atoms with van der Waals surface area (Å²) in [7, 11) is 4.47. The van der Waals surface area contributed by atoms with Crippen molar-refractivity contribution in [3.8, 4) is 11.1 Å². The molecule has 9 heteroatoms. The Hall–Kier alpha value is -3.59. The molecular formula is C24H31N5O4. The number of aliphatic imine (C=N–C) groups is 1. The Morgan fingerprint density at radius 2 is 1.73 bits per heavy atom. The number of hydrogen-bond acceptors (Lipinski definition) is 5. The Labute approximate surface area is 193 Å². The number of nitrogens with two attached hydrogens (primary N) is 1. The van der Waals surface area contributed by atoms with Gasteiger partial charge in [0.25, 0.3) is 5.91 Å². The number of fused-ring (bicyclic) bond motifs is 3. The molecule has 9 nitrogen and oxygen atoms in total. The van der Waals surface area contributed by atoms with E-state index < -0.39 is 12.1 Å². The van der Waals surface area contributed by atoms with Crippen molar-refractivity contribution < 1.29 is 19.2 Å². The first-order chi connectivity index (χ1) is 16.0. The molecule has 4 N–H and O–H groups in total. The number of likely N-dealkylation sites (N-methyl/N-ethyl adjacent to an activating group) is 1. The Morgan fingerprint density at radius 3 is 2.30 bits per heavy atom. The normalized spacial score (nSPS) is 13.6. The maximum Gasteiger partial charge on any atom is 0.407 e. The molecule has 0 fully saturated rings. The van der Waals surface area contributed by atoms with Gasteiger partial charge >= 0.3 is 6.09 Å². The van der Waals surface area contributed by atoms with E-state index in [4.69, 9.17) is 15.3 Å². The summed E-state index contributed by atoms with van der Waals surface area (Å²) in [5, 5.41) is 6.70. The lowest BCUT2D eigenvalue weighted by Crippen LogP contribution is -2.47. The van der Waals surface area contributed by atoms with Gasteiger partial charge in [-0.25, -0.2) is 9.86 Å². The highest BCUT2D eigenvalue weighted by atomic mass is 16.7. The maximum atomic E-state index is 12.6. The average Bonchev–Trinajstić information content (AvgIpc) is 3.17. The van der Waals surface area contributed by atoms with Gasteiger partial charge in [0.1, 0.15) is 12.6 Å². The van der Waals surface area contributed by atoms with Crippen LogP contribution >= 0.6 is 0 Å². The molecule has 0 saturated heterocycles. The van der Waals surface area contributed by atoms with Crippen LogP contribution in [0.25, 0.3) is 11.1 Å². The molecular weight excluding hydrogens is 422 g/mol. The van der Waals surface area contributed by atoms with Crippen LogP contribution in [0.3, 0.4) is 0 Å². The molecule has 0 bridgehead atoms. The largest absolute Gasteiger partial charge is 0.449 e. The number of alkyl carbamates (subject to hydrolysis) is 1. The molecule has 2 aromatic carbocycles. The number of hydrogen-bond donors (Lipinski definition) is 3. The van der Waals surface area contributed by atoms with Gasteiger partial charge < -0.3 is 21.1 Å². The van der Waals surface area contributed by atoms with Gasteiger partial charge in [-0.15, -0.1) is 0 Å². The Bertz CT molecular complexity index is 964. The summed E-state index contributed by atoms with van der Waals surface area (Å²) in [6.45, 7) is 0.683. The van der Waals surface area contributed by atoms with Crippen molar-refractivity contribution in [3.63, 3.8) is 0 Å². The number of ether oxygens (including phenoxy) is 1. The lowest BCUT2D eigenvalue weighted by Gasteiger charge is -2.23. The van der Waals surface area contributed by atoms with Crippen LogP contribution in [-0.2, 0) is 14.4 Å². The Balaban J connectivity index is 1.62. The molecule has 33 heavy (non-hydrogen) atoms. The summed E-state index contributed by atoms with van der Waals surface area (Å²) >= 11 is 0. The van der Waals surface area contributed by atoms with Gasteiger partial charge in [0, 0.05) is 26.6 Å². The van der Waals surface area contributed by atoms with Crippen LogP contribution in [0.1, 0.15) is 29.9 Å². The van der Waals surface area contributed by atoms with Gasteiger partial charge in [-0.3, -0.25) is 14.6 Å². The van der Waals surface area contributed by atoms with Crippen molar-refractivity contribution in [1.82, 2.24) is 15.7 Å². The summed E-state index contributed by atoms with van der Waals surface area (Å²) < 4.78 is 5.58. The molecule has 2 aromatic rings. The molecule has 1 aliphatic carbocycles. The van der Waals surface area contributed by atoms with Crippen LogP contribution in [0.15, 0.2) is 53.5 Å². The standard InChI is InChI=1S/C24H31N5O4/c1-26-23(25)27-14-8-13-21(22(30)29(2)32-3)28-24(31)33-15-20-18-11-6-4-9-16(18)17-10-5-7-12-19(17)20/h4-7,9-12,20-21H,8,13-15H2,1-3H3,(H,28,31)(H3,25,26,27)/t21-/m0/s1. The molecule has 0 heterocycles. The first-order valence-corrected chi connectivity index (χ1v) is 10.9. The predicted octanol–water partition coefficient (Wildman–Crippen LogP) is 2.23. The van der Waals surface area contributed by atoms with E-state index in [1.807, 2.05) is 24.3 Å². The molecule has 0 aromatic heterocycles. The van der Waals surface area contributed by atoms with Crippen LogP contribution < -0.4 is 16.4 Å². The summed E-state index contributed by atoms with van der Waals surface area (Å²) in [4.78, 5) is 34.1. The van der Waals surface area contributed by atoms with Gasteiger partial charge in [0.15, 0.2) is 5.96 Å². The van der Waals surface area contributed by atoms with Crippen molar-refractivity contribution in [2.24, 2.45) is 10.7 Å². The third-order valence-corrected chi connectivity index (χ3v) is 5.73. The minimum absolute atomic E-state index is 0.0561. The molecule has 1 aliphatic rings. The van der Waals surface area contributed by atoms with Crippen LogP contribution in [0.4, 0.5) is 4.79 Å². The lowest BCUT2D eigenvalue weighted by atomic mass is 9.98. The topological polar surface area (TPSA) is 118 Å². The fourth-order valence-electron chi connectivity index (χ4n) is 3.95. The summed E-state index contributed by atoms with van der Waals surface area (Å²) in [6, 6.07) is 15.4. The van der Waals surface area contributed by atoms with Crippen LogP contribution in [0.2, 0.25) is 0 Å². The number of rotatable bonds is 9. The third-order valence-electron chi connectivity index (χ3n) is 5.73. The zero-order valence-electron chi connectivity index (χ0n) is 19.2. The van der Waals surface area contributed by atoms with E-state index in [9.17, 15) is 9.59 Å². The summed E-state index contributed by atoms with van der Waals surface area (Å²) in [5.41, 5.74) is 10.2. The average molecular weight is 454 g/mol. The second-order valence-electron chi connectivity index (χ2n) is 7.72. The van der Waals surface area contributed by atoms with E-state index in [1.54, 1.807) is 7.05 Å². The van der Waals surface area contributed by atoms with E-state index in [-0.39, 0.29) is 18.4 Å². The van der Waals surface area contributed by atoms with Crippen molar-refractivity contribution in [2.45, 2.75) is 24.8 Å². The van der Waals surface area contributed by atoms with Crippen molar-refractivity contribution in [2.75, 3.05) is 34.4 Å². The number of carbonyl (C=O) groups excluding carboxylic acids is 2. The Kier molecular flexibility index (Phi) is 8.26. The fourth-order valence-corrected chi connectivity index (χ4v) is 3.95. The predicted molar refractivity (Wildman–Crippen MR) is 127 cm³/mol.